The summed E-state index contributed by atoms with van der Waals surface area (Å²) in [5.41, 5.74) is 1.60. The van der Waals surface area contributed by atoms with E-state index in [1.54, 1.807) is 12.1 Å². The summed E-state index contributed by atoms with van der Waals surface area (Å²) in [5, 5.41) is 3.10. The van der Waals surface area contributed by atoms with Crippen LogP contribution in [0.4, 0.5) is 10.1 Å². The van der Waals surface area contributed by atoms with Gasteiger partial charge in [0.05, 0.1) is 5.69 Å². The minimum absolute atomic E-state index is 0.160. The largest absolute Gasteiger partial charge is 0.366 e. The number of anilines is 1. The van der Waals surface area contributed by atoms with Crippen molar-refractivity contribution in [2.45, 2.75) is 19.9 Å². The highest BCUT2D eigenvalue weighted by atomic mass is 19.1. The zero-order chi connectivity index (χ0) is 12.8. The normalized spacial score (nSPS) is 12.2. The summed E-state index contributed by atoms with van der Waals surface area (Å²) in [6.45, 7) is 9.13. The minimum atomic E-state index is -0.173. The molecule has 0 saturated heterocycles. The van der Waals surface area contributed by atoms with E-state index in [9.17, 15) is 4.39 Å². The molecule has 0 fully saturated rings. The van der Waals surface area contributed by atoms with Crippen LogP contribution in [0, 0.1) is 5.82 Å². The lowest BCUT2D eigenvalue weighted by atomic mass is 10.1. The molecule has 1 rings (SSSR count). The summed E-state index contributed by atoms with van der Waals surface area (Å²) in [7, 11) is 1.87. The molecule has 0 aromatic heterocycles. The summed E-state index contributed by atoms with van der Waals surface area (Å²) >= 11 is 0. The molecule has 17 heavy (non-hydrogen) atoms. The van der Waals surface area contributed by atoms with Gasteiger partial charge in [0.1, 0.15) is 5.82 Å². The lowest BCUT2D eigenvalue weighted by Gasteiger charge is -2.23. The predicted octanol–water partition coefficient (Wildman–Crippen LogP) is 3.12. The quantitative estimate of drug-likeness (QED) is 0.763. The topological polar surface area (TPSA) is 15.3 Å². The monoisotopic (exact) mass is 236 g/mol. The van der Waals surface area contributed by atoms with E-state index in [0.29, 0.717) is 12.2 Å². The van der Waals surface area contributed by atoms with Gasteiger partial charge in [0.25, 0.3) is 0 Å². The maximum absolute atomic E-state index is 14.0. The Bertz CT molecular complexity index is 376. The van der Waals surface area contributed by atoms with E-state index >= 15 is 0 Å². The molecule has 2 nitrogen and oxygen atoms in total. The number of halogens is 1. The van der Waals surface area contributed by atoms with Crippen molar-refractivity contribution in [2.24, 2.45) is 0 Å². The van der Waals surface area contributed by atoms with Crippen LogP contribution in [0.15, 0.2) is 30.9 Å². The summed E-state index contributed by atoms with van der Waals surface area (Å²) in [6, 6.07) is 5.56. The molecule has 0 amide bonds. The van der Waals surface area contributed by atoms with Gasteiger partial charge in [0, 0.05) is 19.1 Å². The predicted molar refractivity (Wildman–Crippen MR) is 72.0 cm³/mol. The molecule has 0 saturated carbocycles. The highest BCUT2D eigenvalue weighted by Crippen LogP contribution is 2.23. The van der Waals surface area contributed by atoms with Gasteiger partial charge in [0.2, 0.25) is 0 Å². The summed E-state index contributed by atoms with van der Waals surface area (Å²) < 4.78 is 14.0. The lowest BCUT2D eigenvalue weighted by molar-refractivity contribution is 0.604. The Morgan fingerprint density at radius 3 is 2.71 bits per heavy atom. The van der Waals surface area contributed by atoms with E-state index < -0.39 is 0 Å². The van der Waals surface area contributed by atoms with Crippen molar-refractivity contribution in [3.05, 3.63) is 42.2 Å². The molecule has 0 aliphatic carbocycles. The van der Waals surface area contributed by atoms with Crippen LogP contribution >= 0.6 is 0 Å². The molecule has 1 unspecified atom stereocenters. The molecule has 0 radical (unpaired) electrons. The van der Waals surface area contributed by atoms with Gasteiger partial charge in [-0.15, -0.1) is 6.58 Å². The van der Waals surface area contributed by atoms with Crippen molar-refractivity contribution in [1.29, 1.82) is 0 Å². The Labute approximate surface area is 103 Å². The second-order valence-electron chi connectivity index (χ2n) is 4.05. The number of rotatable bonds is 6. The molecule has 1 aromatic rings. The van der Waals surface area contributed by atoms with Crippen molar-refractivity contribution in [1.82, 2.24) is 5.32 Å². The maximum Gasteiger partial charge on any atom is 0.146 e. The number of nitrogens with zero attached hydrogens (tertiary/aromatic N) is 1. The van der Waals surface area contributed by atoms with Gasteiger partial charge in [-0.05, 0) is 38.6 Å². The summed E-state index contributed by atoms with van der Waals surface area (Å²) in [4.78, 5) is 1.95. The third-order valence-electron chi connectivity index (χ3n) is 2.98. The lowest BCUT2D eigenvalue weighted by Crippen LogP contribution is -2.23. The molecule has 1 atom stereocenters. The molecule has 0 aliphatic heterocycles. The average molecular weight is 236 g/mol. The van der Waals surface area contributed by atoms with Crippen LogP contribution in [0.25, 0.3) is 0 Å². The van der Waals surface area contributed by atoms with Gasteiger partial charge in [-0.3, -0.25) is 0 Å². The van der Waals surface area contributed by atoms with Crippen molar-refractivity contribution < 1.29 is 4.39 Å². The fourth-order valence-electron chi connectivity index (χ4n) is 1.77. The van der Waals surface area contributed by atoms with Crippen molar-refractivity contribution in [3.8, 4) is 0 Å². The van der Waals surface area contributed by atoms with Gasteiger partial charge >= 0.3 is 0 Å². The van der Waals surface area contributed by atoms with Crippen LogP contribution in [0.2, 0.25) is 0 Å². The second-order valence-corrected chi connectivity index (χ2v) is 4.05. The van der Waals surface area contributed by atoms with Crippen LogP contribution < -0.4 is 10.2 Å². The number of likely N-dealkylation sites (N-methyl/N-ethyl adjacent to an activating group) is 1. The minimum Gasteiger partial charge on any atom is -0.366 e. The number of benzene rings is 1. The molecule has 3 heteroatoms. The molecule has 0 aliphatic rings. The first-order valence-corrected chi connectivity index (χ1v) is 5.96. The first kappa shape index (κ1) is 13.7. The fourth-order valence-corrected chi connectivity index (χ4v) is 1.77. The molecule has 1 N–H and O–H groups in total. The third-order valence-corrected chi connectivity index (χ3v) is 2.98. The third kappa shape index (κ3) is 3.30. The number of nitrogens with one attached hydrogen (secondary N) is 1. The van der Waals surface area contributed by atoms with E-state index in [1.165, 1.54) is 0 Å². The molecule has 1 aromatic carbocycles. The highest BCUT2D eigenvalue weighted by Gasteiger charge is 2.11. The Morgan fingerprint density at radius 1 is 1.53 bits per heavy atom. The molecule has 0 spiro atoms. The van der Waals surface area contributed by atoms with E-state index in [4.69, 9.17) is 0 Å². The maximum atomic E-state index is 14.0. The van der Waals surface area contributed by atoms with E-state index in [0.717, 1.165) is 12.1 Å². The van der Waals surface area contributed by atoms with Crippen LogP contribution in [-0.2, 0) is 0 Å². The molecule has 0 bridgehead atoms. The number of hydrogen-bond acceptors (Lipinski definition) is 2. The Morgan fingerprint density at radius 2 is 2.24 bits per heavy atom. The van der Waals surface area contributed by atoms with Crippen molar-refractivity contribution in [3.63, 3.8) is 0 Å². The standard InChI is InChI=1S/C14H21FN2/c1-5-9-17(6-2)14-8-7-12(10-13(14)15)11(3)16-4/h5,7-8,10-11,16H,1,6,9H2,2-4H3. The molecule has 94 valence electrons. The first-order chi connectivity index (χ1) is 8.13. The Balaban J connectivity index is 2.99. The number of hydrogen-bond donors (Lipinski definition) is 1. The van der Waals surface area contributed by atoms with Gasteiger partial charge in [-0.1, -0.05) is 12.1 Å². The molecular weight excluding hydrogens is 215 g/mol. The van der Waals surface area contributed by atoms with Crippen LogP contribution in [0.3, 0.4) is 0 Å². The van der Waals surface area contributed by atoms with Crippen LogP contribution in [-0.4, -0.2) is 20.1 Å². The molecule has 0 heterocycles. The van der Waals surface area contributed by atoms with Gasteiger partial charge in [-0.2, -0.15) is 0 Å². The molecular formula is C14H21FN2. The fraction of sp³-hybridized carbons (Fsp3) is 0.429. The SMILES string of the molecule is C=CCN(CC)c1ccc(C(C)NC)cc1F. The van der Waals surface area contributed by atoms with Crippen LogP contribution in [0.5, 0.6) is 0 Å². The van der Waals surface area contributed by atoms with Gasteiger partial charge < -0.3 is 10.2 Å². The first-order valence-electron chi connectivity index (χ1n) is 5.96. The van der Waals surface area contributed by atoms with E-state index in [2.05, 4.69) is 11.9 Å². The van der Waals surface area contributed by atoms with Crippen molar-refractivity contribution >= 4 is 5.69 Å². The van der Waals surface area contributed by atoms with Crippen LogP contribution in [0.1, 0.15) is 25.5 Å². The summed E-state index contributed by atoms with van der Waals surface area (Å²) in [5.74, 6) is -0.173. The Hall–Kier alpha value is -1.35. The zero-order valence-corrected chi connectivity index (χ0v) is 10.8. The van der Waals surface area contributed by atoms with Gasteiger partial charge in [-0.25, -0.2) is 4.39 Å². The average Bonchev–Trinajstić information content (AvgIpc) is 2.35. The Kier molecular flexibility index (Phi) is 5.16. The van der Waals surface area contributed by atoms with Crippen molar-refractivity contribution in [2.75, 3.05) is 25.0 Å². The summed E-state index contributed by atoms with van der Waals surface area (Å²) in [6.07, 6.45) is 1.78. The zero-order valence-electron chi connectivity index (χ0n) is 10.8. The highest BCUT2D eigenvalue weighted by molar-refractivity contribution is 5.50. The van der Waals surface area contributed by atoms with E-state index in [-0.39, 0.29) is 11.9 Å². The second kappa shape index (κ2) is 6.40. The van der Waals surface area contributed by atoms with E-state index in [1.807, 2.05) is 37.9 Å². The van der Waals surface area contributed by atoms with Gasteiger partial charge in [0.15, 0.2) is 0 Å². The smallest absolute Gasteiger partial charge is 0.146 e.